The van der Waals surface area contributed by atoms with Gasteiger partial charge in [-0.3, -0.25) is 14.7 Å². The first kappa shape index (κ1) is 19.2. The highest BCUT2D eigenvalue weighted by Gasteiger charge is 2.51. The summed E-state index contributed by atoms with van der Waals surface area (Å²) >= 11 is 1.97. The van der Waals surface area contributed by atoms with Crippen molar-refractivity contribution in [2.75, 3.05) is 24.6 Å². The van der Waals surface area contributed by atoms with E-state index in [4.69, 9.17) is 0 Å². The molecular formula is C19H24FN5O2S. The molecule has 2 saturated heterocycles. The lowest BCUT2D eigenvalue weighted by Crippen LogP contribution is -2.66. The molecule has 3 heterocycles. The zero-order valence-corrected chi connectivity index (χ0v) is 16.4. The molecule has 0 saturated carbocycles. The van der Waals surface area contributed by atoms with Gasteiger partial charge in [0, 0.05) is 19.1 Å². The van der Waals surface area contributed by atoms with Crippen molar-refractivity contribution in [3.63, 3.8) is 0 Å². The molecule has 2 aliphatic heterocycles. The summed E-state index contributed by atoms with van der Waals surface area (Å²) in [5, 5.41) is 8.98. The van der Waals surface area contributed by atoms with Crippen molar-refractivity contribution < 1.29 is 9.18 Å². The Bertz CT molecular complexity index is 886. The number of hydrogen-bond acceptors (Lipinski definition) is 5. The van der Waals surface area contributed by atoms with Crippen LogP contribution in [0.2, 0.25) is 0 Å². The Morgan fingerprint density at radius 1 is 1.32 bits per heavy atom. The third-order valence-electron chi connectivity index (χ3n) is 5.65. The fraction of sp³-hybridized carbons (Fsp3) is 0.526. The van der Waals surface area contributed by atoms with E-state index in [9.17, 15) is 14.0 Å². The Morgan fingerprint density at radius 3 is 2.75 bits per heavy atom. The number of aromatic nitrogens is 3. The Labute approximate surface area is 166 Å². The third-order valence-corrected chi connectivity index (χ3v) is 6.70. The minimum Gasteiger partial charge on any atom is -0.348 e. The fourth-order valence-corrected chi connectivity index (χ4v) is 5.20. The van der Waals surface area contributed by atoms with E-state index in [2.05, 4.69) is 25.4 Å². The van der Waals surface area contributed by atoms with Crippen LogP contribution in [0.25, 0.3) is 0 Å². The van der Waals surface area contributed by atoms with E-state index in [1.807, 2.05) is 11.8 Å². The highest BCUT2D eigenvalue weighted by molar-refractivity contribution is 7.99. The molecule has 2 aromatic rings. The molecule has 0 spiro atoms. The van der Waals surface area contributed by atoms with Gasteiger partial charge in [-0.2, -0.15) is 16.9 Å². The van der Waals surface area contributed by atoms with Crippen LogP contribution < -0.4 is 11.0 Å². The average Bonchev–Trinajstić information content (AvgIpc) is 3.10. The van der Waals surface area contributed by atoms with Crippen LogP contribution in [0, 0.1) is 11.2 Å². The second-order valence-corrected chi connectivity index (χ2v) is 8.83. The van der Waals surface area contributed by atoms with Gasteiger partial charge in [0.1, 0.15) is 11.6 Å². The van der Waals surface area contributed by atoms with Crippen LogP contribution in [-0.4, -0.2) is 56.6 Å². The van der Waals surface area contributed by atoms with E-state index in [0.29, 0.717) is 36.9 Å². The maximum absolute atomic E-state index is 14.2. The van der Waals surface area contributed by atoms with Gasteiger partial charge in [0.25, 0.3) is 0 Å². The Morgan fingerprint density at radius 2 is 2.07 bits per heavy atom. The molecule has 0 aliphatic carbocycles. The Kier molecular flexibility index (Phi) is 5.54. The van der Waals surface area contributed by atoms with Crippen LogP contribution in [0.4, 0.5) is 4.39 Å². The van der Waals surface area contributed by atoms with Crippen LogP contribution in [0.15, 0.2) is 29.1 Å². The third kappa shape index (κ3) is 4.00. The van der Waals surface area contributed by atoms with E-state index in [-0.39, 0.29) is 18.3 Å². The highest BCUT2D eigenvalue weighted by atomic mass is 32.2. The normalized spacial score (nSPS) is 19.9. The Hall–Kier alpha value is -2.13. The van der Waals surface area contributed by atoms with Gasteiger partial charge < -0.3 is 5.32 Å². The van der Waals surface area contributed by atoms with Crippen molar-refractivity contribution in [2.45, 2.75) is 31.8 Å². The topological polar surface area (TPSA) is 93.9 Å². The number of halogens is 1. The maximum atomic E-state index is 14.2. The van der Waals surface area contributed by atoms with Gasteiger partial charge in [0.05, 0.1) is 12.0 Å². The molecule has 0 unspecified atom stereocenters. The van der Waals surface area contributed by atoms with E-state index in [0.717, 1.165) is 24.3 Å². The predicted molar refractivity (Wildman–Crippen MR) is 106 cm³/mol. The zero-order valence-electron chi connectivity index (χ0n) is 15.5. The summed E-state index contributed by atoms with van der Waals surface area (Å²) in [6, 6.07) is 7.14. The number of nitrogens with zero attached hydrogens (tertiary/aromatic N) is 2. The number of hydrogen-bond donors (Lipinski definition) is 3. The first-order chi connectivity index (χ1) is 13.6. The van der Waals surface area contributed by atoms with Crippen LogP contribution in [-0.2, 0) is 17.8 Å². The van der Waals surface area contributed by atoms with Gasteiger partial charge in [0.15, 0.2) is 0 Å². The molecule has 2 fully saturated rings. The molecule has 0 bridgehead atoms. The first-order valence-electron chi connectivity index (χ1n) is 9.53. The van der Waals surface area contributed by atoms with Gasteiger partial charge >= 0.3 is 5.69 Å². The van der Waals surface area contributed by atoms with Crippen LogP contribution in [0.1, 0.15) is 24.2 Å². The standard InChI is InChI=1S/C19H24FN5O2S/c20-15-4-2-1-3-13(15)9-19(11-25(12-19)14-5-7-28-8-6-14)17(26)21-10-16-22-18(27)24-23-16/h1-4,14H,5-12H2,(H,21,26)(H2,22,23,24,27). The summed E-state index contributed by atoms with van der Waals surface area (Å²) in [7, 11) is 0. The molecular weight excluding hydrogens is 381 g/mol. The molecule has 1 aromatic heterocycles. The number of nitrogens with one attached hydrogen (secondary N) is 3. The molecule has 2 aliphatic rings. The second-order valence-electron chi connectivity index (χ2n) is 7.60. The second kappa shape index (κ2) is 8.08. The van der Waals surface area contributed by atoms with E-state index in [1.54, 1.807) is 18.2 Å². The van der Waals surface area contributed by atoms with Gasteiger partial charge in [0.2, 0.25) is 5.91 Å². The summed E-state index contributed by atoms with van der Waals surface area (Å²) in [4.78, 5) is 29.1. The SMILES string of the molecule is O=C(NCc1n[nH]c(=O)[nH]1)C1(Cc2ccccc2F)CN(C2CCSCC2)C1. The minimum absolute atomic E-state index is 0.124. The lowest BCUT2D eigenvalue weighted by atomic mass is 9.72. The van der Waals surface area contributed by atoms with E-state index in [1.165, 1.54) is 6.07 Å². The van der Waals surface area contributed by atoms with Crippen LogP contribution in [0.5, 0.6) is 0 Å². The lowest BCUT2D eigenvalue weighted by Gasteiger charge is -2.53. The van der Waals surface area contributed by atoms with Gasteiger partial charge in [-0.15, -0.1) is 0 Å². The van der Waals surface area contributed by atoms with Crippen LogP contribution in [0.3, 0.4) is 0 Å². The molecule has 1 aromatic carbocycles. The number of rotatable bonds is 6. The zero-order chi connectivity index (χ0) is 19.6. The minimum atomic E-state index is -0.663. The number of amides is 1. The summed E-state index contributed by atoms with van der Waals surface area (Å²) < 4.78 is 14.2. The van der Waals surface area contributed by atoms with Crippen LogP contribution >= 0.6 is 11.8 Å². The van der Waals surface area contributed by atoms with Crippen molar-refractivity contribution in [1.29, 1.82) is 0 Å². The number of likely N-dealkylation sites (tertiary alicyclic amines) is 1. The molecule has 1 amide bonds. The molecule has 9 heteroatoms. The summed E-state index contributed by atoms with van der Waals surface area (Å²) in [5.74, 6) is 2.28. The summed E-state index contributed by atoms with van der Waals surface area (Å²) in [5.41, 5.74) is -0.511. The van der Waals surface area contributed by atoms with Crippen molar-refractivity contribution in [2.24, 2.45) is 5.41 Å². The lowest BCUT2D eigenvalue weighted by molar-refractivity contribution is -0.144. The molecule has 0 atom stereocenters. The number of carbonyl (C=O) groups excluding carboxylic acids is 1. The van der Waals surface area contributed by atoms with E-state index >= 15 is 0 Å². The number of benzene rings is 1. The summed E-state index contributed by atoms with van der Waals surface area (Å²) in [6.45, 7) is 1.38. The molecule has 28 heavy (non-hydrogen) atoms. The van der Waals surface area contributed by atoms with Gasteiger partial charge in [-0.25, -0.2) is 14.3 Å². The fourth-order valence-electron chi connectivity index (χ4n) is 4.12. The quantitative estimate of drug-likeness (QED) is 0.673. The van der Waals surface area contributed by atoms with Crippen molar-refractivity contribution in [3.05, 3.63) is 52.0 Å². The smallest absolute Gasteiger partial charge is 0.340 e. The molecule has 3 N–H and O–H groups in total. The van der Waals surface area contributed by atoms with Gasteiger partial charge in [-0.1, -0.05) is 18.2 Å². The largest absolute Gasteiger partial charge is 0.348 e. The van der Waals surface area contributed by atoms with Crippen molar-refractivity contribution >= 4 is 17.7 Å². The average molecular weight is 405 g/mol. The Balaban J connectivity index is 1.47. The number of aromatic amines is 2. The maximum Gasteiger partial charge on any atom is 0.340 e. The summed E-state index contributed by atoms with van der Waals surface area (Å²) in [6.07, 6.45) is 2.63. The number of thioether (sulfide) groups is 1. The van der Waals surface area contributed by atoms with Gasteiger partial charge in [-0.05, 0) is 42.4 Å². The highest BCUT2D eigenvalue weighted by Crippen LogP contribution is 2.39. The van der Waals surface area contributed by atoms with E-state index < -0.39 is 11.1 Å². The molecule has 0 radical (unpaired) electrons. The number of H-pyrrole nitrogens is 2. The van der Waals surface area contributed by atoms with Crippen molar-refractivity contribution in [1.82, 2.24) is 25.4 Å². The predicted octanol–water partition coefficient (Wildman–Crippen LogP) is 1.29. The molecule has 150 valence electrons. The number of carbonyl (C=O) groups is 1. The monoisotopic (exact) mass is 405 g/mol. The molecule has 4 rings (SSSR count). The first-order valence-corrected chi connectivity index (χ1v) is 10.7. The molecule has 7 nitrogen and oxygen atoms in total. The van der Waals surface area contributed by atoms with Crippen molar-refractivity contribution in [3.8, 4) is 0 Å².